The molecule has 0 spiro atoms. The van der Waals surface area contributed by atoms with Gasteiger partial charge < -0.3 is 25.2 Å². The van der Waals surface area contributed by atoms with Gasteiger partial charge >= 0.3 is 6.36 Å². The molecule has 2 aliphatic rings. The fourth-order valence-electron chi connectivity index (χ4n) is 6.71. The van der Waals surface area contributed by atoms with Crippen molar-refractivity contribution < 1.29 is 26.3 Å². The molecule has 13 nitrogen and oxygen atoms in total. The quantitative estimate of drug-likeness (QED) is 0.198. The lowest BCUT2D eigenvalue weighted by Crippen LogP contribution is -2.52. The second-order valence-electron chi connectivity index (χ2n) is 13.0. The second-order valence-corrected chi connectivity index (χ2v) is 15.0. The Bertz CT molecular complexity index is 2030. The first-order valence-corrected chi connectivity index (χ1v) is 18.9. The van der Waals surface area contributed by atoms with Crippen LogP contribution in [0.4, 0.5) is 47.7 Å². The van der Waals surface area contributed by atoms with Crippen molar-refractivity contribution in [3.63, 3.8) is 0 Å². The molecule has 2 aromatic carbocycles. The van der Waals surface area contributed by atoms with Gasteiger partial charge in [0.2, 0.25) is 16.0 Å². The zero-order valence-electron chi connectivity index (χ0n) is 29.6. The van der Waals surface area contributed by atoms with Crippen molar-refractivity contribution in [1.29, 1.82) is 0 Å². The maximum absolute atomic E-state index is 13.8. The molecule has 0 bridgehead atoms. The van der Waals surface area contributed by atoms with Crippen LogP contribution in [0, 0.1) is 0 Å². The number of sulfonamides is 1. The van der Waals surface area contributed by atoms with Crippen LogP contribution >= 0.6 is 0 Å². The number of hydrogen-bond acceptors (Lipinski definition) is 12. The van der Waals surface area contributed by atoms with E-state index in [-0.39, 0.29) is 23.1 Å². The standard InChI is InChI=1S/C35H43F3N10O3S/c1-6-23-20-28(30(51-35(36,37)38)21-29(23)48-14-10-25(11-15-48)47-18-16-45(3)17-19-47)43-34-41-22-24(7-2)33(44-34)42-27-9-8-26-31(40-13-12-39-26)32(27)46(4)52(5,49)50/h7-9,12-13,20-22,25H,2,6,10-11,14-19H2,1,3-5H3,(H2,41,42,43,44). The number of nitrogens with zero attached hydrogens (tertiary/aromatic N) is 8. The predicted molar refractivity (Wildman–Crippen MR) is 198 cm³/mol. The maximum Gasteiger partial charge on any atom is 0.573 e. The lowest BCUT2D eigenvalue weighted by molar-refractivity contribution is -0.274. The van der Waals surface area contributed by atoms with Gasteiger partial charge in [0.15, 0.2) is 5.75 Å². The van der Waals surface area contributed by atoms with Crippen molar-refractivity contribution in [3.8, 4) is 5.75 Å². The normalized spacial score (nSPS) is 16.6. The van der Waals surface area contributed by atoms with Gasteiger partial charge in [-0.15, -0.1) is 13.2 Å². The molecule has 2 fully saturated rings. The average Bonchev–Trinajstić information content (AvgIpc) is 3.11. The van der Waals surface area contributed by atoms with E-state index < -0.39 is 22.1 Å². The van der Waals surface area contributed by atoms with Crippen LogP contribution in [-0.4, -0.2) is 110 Å². The smallest absolute Gasteiger partial charge is 0.403 e. The SMILES string of the molecule is C=Cc1cnc(Nc2cc(CC)c(N3CCC(N4CCN(C)CC4)CC3)cc2OC(F)(F)F)nc1Nc1ccc2nccnc2c1N(C)S(C)(=O)=O. The molecule has 0 atom stereocenters. The number of aromatic nitrogens is 4. The Hall–Kier alpha value is -4.74. The largest absolute Gasteiger partial charge is 0.573 e. The Labute approximate surface area is 301 Å². The minimum absolute atomic E-state index is 0.0264. The van der Waals surface area contributed by atoms with Gasteiger partial charge in [0, 0.05) is 88.3 Å². The van der Waals surface area contributed by atoms with Crippen molar-refractivity contribution in [2.75, 3.05) is 79.5 Å². The highest BCUT2D eigenvalue weighted by atomic mass is 32.2. The van der Waals surface area contributed by atoms with Gasteiger partial charge in [0.1, 0.15) is 17.0 Å². The zero-order valence-corrected chi connectivity index (χ0v) is 30.4. The van der Waals surface area contributed by atoms with Crippen LogP contribution in [0.25, 0.3) is 17.1 Å². The molecule has 4 heterocycles. The summed E-state index contributed by atoms with van der Waals surface area (Å²) in [6.45, 7) is 11.3. The Morgan fingerprint density at radius 3 is 2.38 bits per heavy atom. The summed E-state index contributed by atoms with van der Waals surface area (Å²) in [5, 5.41) is 6.10. The summed E-state index contributed by atoms with van der Waals surface area (Å²) in [7, 11) is -0.198. The molecule has 2 aliphatic heterocycles. The second kappa shape index (κ2) is 15.1. The highest BCUT2D eigenvalue weighted by molar-refractivity contribution is 7.92. The topological polar surface area (TPSA) is 132 Å². The van der Waals surface area contributed by atoms with Gasteiger partial charge in [-0.1, -0.05) is 19.6 Å². The third-order valence-corrected chi connectivity index (χ3v) is 10.8. The van der Waals surface area contributed by atoms with E-state index in [1.807, 2.05) is 6.92 Å². The molecule has 0 radical (unpaired) electrons. The monoisotopic (exact) mass is 740 g/mol. The van der Waals surface area contributed by atoms with Crippen molar-refractivity contribution in [1.82, 2.24) is 29.7 Å². The molecule has 0 amide bonds. The summed E-state index contributed by atoms with van der Waals surface area (Å²) in [5.74, 6) is -0.216. The summed E-state index contributed by atoms with van der Waals surface area (Å²) >= 11 is 0. The summed E-state index contributed by atoms with van der Waals surface area (Å²) in [4.78, 5) is 24.6. The maximum atomic E-state index is 13.8. The summed E-state index contributed by atoms with van der Waals surface area (Å²) in [5.41, 5.74) is 3.42. The molecule has 0 aliphatic carbocycles. The van der Waals surface area contributed by atoms with E-state index in [4.69, 9.17) is 0 Å². The van der Waals surface area contributed by atoms with Crippen molar-refractivity contribution in [3.05, 3.63) is 60.6 Å². The molecule has 2 aromatic heterocycles. The van der Waals surface area contributed by atoms with E-state index >= 15 is 0 Å². The fraction of sp³-hybridized carbons (Fsp3) is 0.429. The summed E-state index contributed by atoms with van der Waals surface area (Å²) in [6, 6.07) is 6.88. The molecule has 0 saturated carbocycles. The van der Waals surface area contributed by atoms with Crippen LogP contribution in [0.1, 0.15) is 30.9 Å². The molecule has 278 valence electrons. The number of alkyl halides is 3. The number of ether oxygens (including phenoxy) is 1. The molecule has 17 heteroatoms. The number of hydrogen-bond donors (Lipinski definition) is 2. The third kappa shape index (κ3) is 8.32. The average molecular weight is 741 g/mol. The predicted octanol–water partition coefficient (Wildman–Crippen LogP) is 5.62. The van der Waals surface area contributed by atoms with E-state index in [0.29, 0.717) is 40.4 Å². The number of aryl methyl sites for hydroxylation is 1. The number of halogens is 3. The van der Waals surface area contributed by atoms with Crippen molar-refractivity contribution in [2.24, 2.45) is 0 Å². The van der Waals surface area contributed by atoms with Crippen molar-refractivity contribution >= 4 is 61.6 Å². The molecular weight excluding hydrogens is 698 g/mol. The Kier molecular flexibility index (Phi) is 10.7. The van der Waals surface area contributed by atoms with Crippen LogP contribution in [0.5, 0.6) is 5.75 Å². The van der Waals surface area contributed by atoms with Crippen LogP contribution in [0.2, 0.25) is 0 Å². The Balaban J connectivity index is 1.31. The number of benzene rings is 2. The number of anilines is 6. The first-order chi connectivity index (χ1) is 24.7. The van der Waals surface area contributed by atoms with Crippen LogP contribution in [0.3, 0.4) is 0 Å². The molecule has 2 saturated heterocycles. The van der Waals surface area contributed by atoms with Crippen LogP contribution in [-0.2, 0) is 16.4 Å². The van der Waals surface area contributed by atoms with Crippen LogP contribution < -0.4 is 24.6 Å². The molecule has 52 heavy (non-hydrogen) atoms. The molecular formula is C35H43F3N10O3S. The van der Waals surface area contributed by atoms with Gasteiger partial charge in [-0.05, 0) is 50.1 Å². The lowest BCUT2D eigenvalue weighted by Gasteiger charge is -2.43. The van der Waals surface area contributed by atoms with E-state index in [1.165, 1.54) is 37.8 Å². The zero-order chi connectivity index (χ0) is 37.2. The number of piperidine rings is 1. The number of rotatable bonds is 11. The van der Waals surface area contributed by atoms with Gasteiger partial charge in [0.25, 0.3) is 0 Å². The lowest BCUT2D eigenvalue weighted by atomic mass is 9.99. The number of likely N-dealkylation sites (N-methyl/N-ethyl adjacent to an activating group) is 1. The minimum atomic E-state index is -4.95. The Morgan fingerprint density at radius 2 is 1.73 bits per heavy atom. The van der Waals surface area contributed by atoms with Gasteiger partial charge in [0.05, 0.1) is 23.1 Å². The first kappa shape index (κ1) is 37.0. The summed E-state index contributed by atoms with van der Waals surface area (Å²) in [6.07, 6.45) is 4.46. The van der Waals surface area contributed by atoms with Crippen molar-refractivity contribution in [2.45, 2.75) is 38.6 Å². The van der Waals surface area contributed by atoms with E-state index in [1.54, 1.807) is 18.2 Å². The Morgan fingerprint density at radius 1 is 1.02 bits per heavy atom. The molecule has 2 N–H and O–H groups in total. The third-order valence-electron chi connectivity index (χ3n) is 9.61. The number of fused-ring (bicyclic) bond motifs is 1. The molecule has 4 aromatic rings. The molecule has 6 rings (SSSR count). The highest BCUT2D eigenvalue weighted by Gasteiger charge is 2.34. The van der Waals surface area contributed by atoms with Gasteiger partial charge in [-0.2, -0.15) is 4.98 Å². The first-order valence-electron chi connectivity index (χ1n) is 17.1. The summed E-state index contributed by atoms with van der Waals surface area (Å²) < 4.78 is 72.5. The number of piperazine rings is 1. The minimum Gasteiger partial charge on any atom is -0.403 e. The van der Waals surface area contributed by atoms with Gasteiger partial charge in [-0.25, -0.2) is 13.4 Å². The number of nitrogens with one attached hydrogen (secondary N) is 2. The van der Waals surface area contributed by atoms with Crippen LogP contribution in [0.15, 0.2) is 49.4 Å². The highest BCUT2D eigenvalue weighted by Crippen LogP contribution is 2.40. The van der Waals surface area contributed by atoms with E-state index in [9.17, 15) is 21.6 Å². The fourth-order valence-corrected chi connectivity index (χ4v) is 7.23. The van der Waals surface area contributed by atoms with Gasteiger partial charge in [-0.3, -0.25) is 19.2 Å². The van der Waals surface area contributed by atoms with E-state index in [2.05, 4.69) is 63.6 Å². The van der Waals surface area contributed by atoms with E-state index in [0.717, 1.165) is 68.2 Å². The molecule has 0 unspecified atom stereocenters.